The summed E-state index contributed by atoms with van der Waals surface area (Å²) in [4.78, 5) is 106. The minimum absolute atomic E-state index is 0.0176. The van der Waals surface area contributed by atoms with Crippen LogP contribution in [0.1, 0.15) is 71.4 Å². The quantitative estimate of drug-likeness (QED) is 0.0329. The lowest BCUT2D eigenvalue weighted by Gasteiger charge is -2.40. The minimum atomic E-state index is -1.82. The largest absolute Gasteiger partial charge is 0.508 e. The second-order valence-electron chi connectivity index (χ2n) is 19.1. The molecule has 0 aromatic heterocycles. The van der Waals surface area contributed by atoms with Crippen LogP contribution in [0.3, 0.4) is 0 Å². The molecular weight excluding hydrogens is 971 g/mol. The highest BCUT2D eigenvalue weighted by molar-refractivity contribution is 5.95. The zero-order valence-corrected chi connectivity index (χ0v) is 42.3. The molecule has 1 heterocycles. The fourth-order valence-electron chi connectivity index (χ4n) is 7.62. The molecule has 1 aliphatic rings. The third kappa shape index (κ3) is 20.9. The van der Waals surface area contributed by atoms with Crippen LogP contribution in [-0.2, 0) is 60.7 Å². The van der Waals surface area contributed by atoms with Crippen LogP contribution < -0.4 is 48.7 Å². The average molecular weight is 1050 g/mol. The van der Waals surface area contributed by atoms with Crippen molar-refractivity contribution in [2.45, 2.75) is 146 Å². The molecule has 1 aliphatic heterocycles. The predicted octanol–water partition coefficient (Wildman–Crippen LogP) is -4.28. The van der Waals surface area contributed by atoms with E-state index < -0.39 is 140 Å². The summed E-state index contributed by atoms with van der Waals surface area (Å²) in [6.45, 7) is 6.28. The van der Waals surface area contributed by atoms with Crippen molar-refractivity contribution < 1.29 is 78.5 Å². The summed E-state index contributed by atoms with van der Waals surface area (Å²) in [5.41, 5.74) is 12.8. The number of aliphatic hydroxyl groups excluding tert-OH is 5. The summed E-state index contributed by atoms with van der Waals surface area (Å²) in [5.74, 6) is -6.49. The van der Waals surface area contributed by atoms with Crippen molar-refractivity contribution in [2.24, 2.45) is 23.3 Å². The topological polar surface area (TPSA) is 413 Å². The molecule has 0 bridgehead atoms. The van der Waals surface area contributed by atoms with Gasteiger partial charge in [-0.05, 0) is 67.7 Å². The Kier molecular flexibility index (Phi) is 25.8. The van der Waals surface area contributed by atoms with Gasteiger partial charge in [0.15, 0.2) is 6.29 Å². The van der Waals surface area contributed by atoms with Crippen LogP contribution in [0.25, 0.3) is 0 Å². The van der Waals surface area contributed by atoms with E-state index in [1.807, 2.05) is 13.8 Å². The van der Waals surface area contributed by atoms with E-state index in [1.165, 1.54) is 19.1 Å². The Hall–Kier alpha value is -6.32. The van der Waals surface area contributed by atoms with E-state index in [0.717, 1.165) is 0 Å². The molecule has 0 aliphatic carbocycles. The van der Waals surface area contributed by atoms with Crippen molar-refractivity contribution in [3.63, 3.8) is 0 Å². The van der Waals surface area contributed by atoms with Crippen LogP contribution in [0.5, 0.6) is 5.75 Å². The fraction of sp³-hybridized carbons (Fsp3) is 0.592. The maximum Gasteiger partial charge on any atom is 0.245 e. The van der Waals surface area contributed by atoms with Crippen LogP contribution in [0.4, 0.5) is 0 Å². The lowest BCUT2D eigenvalue weighted by Crippen LogP contribution is -2.60. The summed E-state index contributed by atoms with van der Waals surface area (Å²) in [7, 11) is 0. The monoisotopic (exact) mass is 1050 g/mol. The van der Waals surface area contributed by atoms with E-state index in [1.54, 1.807) is 56.3 Å². The number of phenols is 1. The smallest absolute Gasteiger partial charge is 0.245 e. The van der Waals surface area contributed by atoms with Crippen LogP contribution >= 0.6 is 0 Å². The number of ether oxygens (including phenoxy) is 2. The first-order chi connectivity index (χ1) is 34.9. The first-order valence-corrected chi connectivity index (χ1v) is 24.4. The highest BCUT2D eigenvalue weighted by Gasteiger charge is 2.44. The Balaban J connectivity index is 1.64. The summed E-state index contributed by atoms with van der Waals surface area (Å²) in [6.07, 6.45) is -9.60. The van der Waals surface area contributed by atoms with Gasteiger partial charge in [-0.1, -0.05) is 70.2 Å². The fourth-order valence-corrected chi connectivity index (χ4v) is 7.62. The molecule has 1 saturated heterocycles. The minimum Gasteiger partial charge on any atom is -0.508 e. The van der Waals surface area contributed by atoms with E-state index >= 15 is 0 Å². The van der Waals surface area contributed by atoms with Crippen molar-refractivity contribution in [2.75, 3.05) is 26.3 Å². The Bertz CT molecular complexity index is 2150. The zero-order chi connectivity index (χ0) is 55.2. The van der Waals surface area contributed by atoms with Gasteiger partial charge in [-0.3, -0.25) is 38.4 Å². The molecule has 17 N–H and O–H groups in total. The number of aliphatic hydroxyl groups is 5. The number of phenolic OH excluding ortho intramolecular Hbond substituents is 1. The number of carbonyl (C=O) groups excluding carboxylic acids is 8. The number of hydrogen-bond donors (Lipinski definition) is 15. The van der Waals surface area contributed by atoms with Gasteiger partial charge in [0, 0.05) is 19.4 Å². The molecule has 12 atom stereocenters. The van der Waals surface area contributed by atoms with Crippen molar-refractivity contribution in [1.29, 1.82) is 0 Å². The molecule has 412 valence electrons. The standard InChI is InChI=1S/C49H75N9O16/c1-25(2)18-32(43(51)67)56-47(71)35(24-73-49-42(66)41(65)40(64)36(23-59)74-49)55-37(62)12-9-17-52-45(69)33(19-26(3)4)57-46(70)34(21-28-10-7-6-8-11-28)54-38(63)22-53-48(72)39(27(5)60)58-44(68)31(50)20-29-13-15-30(61)16-14-29/h6-8,10-11,13-16,25-27,31-36,39-42,49,59-61,64-66H,9,12,17-24,50H2,1-5H3,(H2,51,67)(H,52,69)(H,53,72)(H,54,63)(H,55,62)(H,56,71)(H,57,70)(H,58,68)/t27-,31+,32+,33+,34+,35+,36-,39+,40-,41+,42-,49-/m1/s1. The normalized spacial score (nSPS) is 20.4. The van der Waals surface area contributed by atoms with E-state index in [4.69, 9.17) is 20.9 Å². The number of hydrogen-bond acceptors (Lipinski definition) is 17. The molecule has 0 saturated carbocycles. The molecule has 2 aromatic carbocycles. The van der Waals surface area contributed by atoms with Gasteiger partial charge in [0.1, 0.15) is 60.4 Å². The molecule has 0 spiro atoms. The van der Waals surface area contributed by atoms with Gasteiger partial charge in [-0.15, -0.1) is 0 Å². The van der Waals surface area contributed by atoms with E-state index in [0.29, 0.717) is 11.1 Å². The Morgan fingerprint density at radius 3 is 1.82 bits per heavy atom. The molecule has 0 radical (unpaired) electrons. The molecule has 8 amide bonds. The lowest BCUT2D eigenvalue weighted by atomic mass is 9.99. The summed E-state index contributed by atoms with van der Waals surface area (Å²) < 4.78 is 10.9. The maximum absolute atomic E-state index is 13.9. The summed E-state index contributed by atoms with van der Waals surface area (Å²) in [5, 5.41) is 77.9. The van der Waals surface area contributed by atoms with Gasteiger partial charge in [-0.25, -0.2) is 0 Å². The number of rotatable bonds is 30. The first-order valence-electron chi connectivity index (χ1n) is 24.4. The molecule has 25 nitrogen and oxygen atoms in total. The SMILES string of the molecule is CC(C)C[C@H](NC(=O)[C@H](CO[C@@H]1O[C@H](CO)[C@@H](O)[C@H](O)[C@H]1O)NC(=O)CCCNC(=O)[C@H](CC(C)C)NC(=O)[C@H](Cc1ccccc1)NC(=O)CNC(=O)[C@@H](NC(=O)[C@@H](N)Cc1ccc(O)cc1)[C@@H](C)O)C(N)=O. The number of benzene rings is 2. The van der Waals surface area contributed by atoms with E-state index in [-0.39, 0.29) is 62.7 Å². The number of carbonyl (C=O) groups is 8. The second kappa shape index (κ2) is 30.8. The van der Waals surface area contributed by atoms with Gasteiger partial charge >= 0.3 is 0 Å². The Morgan fingerprint density at radius 2 is 1.23 bits per heavy atom. The third-order valence-electron chi connectivity index (χ3n) is 11.7. The third-order valence-corrected chi connectivity index (χ3v) is 11.7. The molecular formula is C49H75N9O16. The van der Waals surface area contributed by atoms with Crippen molar-refractivity contribution in [3.05, 3.63) is 65.7 Å². The van der Waals surface area contributed by atoms with Gasteiger partial charge in [0.25, 0.3) is 0 Å². The Morgan fingerprint density at radius 1 is 0.649 bits per heavy atom. The highest BCUT2D eigenvalue weighted by Crippen LogP contribution is 2.22. The number of nitrogens with one attached hydrogen (secondary N) is 7. The average Bonchev–Trinajstić information content (AvgIpc) is 3.34. The second-order valence-corrected chi connectivity index (χ2v) is 19.1. The van der Waals surface area contributed by atoms with Crippen LogP contribution in [0, 0.1) is 11.8 Å². The predicted molar refractivity (Wildman–Crippen MR) is 264 cm³/mol. The number of aromatic hydroxyl groups is 1. The van der Waals surface area contributed by atoms with Crippen LogP contribution in [0.2, 0.25) is 0 Å². The van der Waals surface area contributed by atoms with E-state index in [9.17, 15) is 69.0 Å². The molecule has 1 fully saturated rings. The molecule has 3 rings (SSSR count). The number of nitrogens with two attached hydrogens (primary N) is 2. The number of primary amides is 1. The van der Waals surface area contributed by atoms with Crippen molar-refractivity contribution in [3.8, 4) is 5.75 Å². The lowest BCUT2D eigenvalue weighted by molar-refractivity contribution is -0.301. The van der Waals surface area contributed by atoms with Crippen molar-refractivity contribution in [1.82, 2.24) is 37.2 Å². The highest BCUT2D eigenvalue weighted by atomic mass is 16.7. The summed E-state index contributed by atoms with van der Waals surface area (Å²) in [6, 6.07) is 6.95. The van der Waals surface area contributed by atoms with E-state index in [2.05, 4.69) is 37.2 Å². The number of amides is 8. The van der Waals surface area contributed by atoms with Crippen molar-refractivity contribution >= 4 is 47.3 Å². The Labute approximate surface area is 429 Å². The molecule has 25 heteroatoms. The zero-order valence-electron chi connectivity index (χ0n) is 42.3. The molecule has 74 heavy (non-hydrogen) atoms. The first kappa shape index (κ1) is 62.0. The summed E-state index contributed by atoms with van der Waals surface area (Å²) >= 11 is 0. The van der Waals surface area contributed by atoms with Gasteiger partial charge in [0.05, 0.1) is 31.9 Å². The van der Waals surface area contributed by atoms with Gasteiger partial charge in [0.2, 0.25) is 47.3 Å². The molecule has 2 aromatic rings. The maximum atomic E-state index is 13.9. The van der Waals surface area contributed by atoms with Gasteiger partial charge < -0.3 is 88.8 Å². The van der Waals surface area contributed by atoms with Crippen LogP contribution in [0.15, 0.2) is 54.6 Å². The van der Waals surface area contributed by atoms with Crippen LogP contribution in [-0.4, -0.2) is 177 Å². The molecule has 0 unspecified atom stereocenters. The van der Waals surface area contributed by atoms with Gasteiger partial charge in [-0.2, -0.15) is 0 Å².